The fraction of sp³-hybridized carbons (Fsp3) is 0.500. The Bertz CT molecular complexity index is 272. The maximum atomic E-state index is 10.6. The van der Waals surface area contributed by atoms with Gasteiger partial charge in [-0.05, 0) is 6.92 Å². The Balaban J connectivity index is 5.05. The fourth-order valence-electron chi connectivity index (χ4n) is 0.674. The Labute approximate surface area is 78.5 Å². The number of hydrogen-bond donors (Lipinski definition) is 0. The second kappa shape index (κ2) is 4.30. The van der Waals surface area contributed by atoms with E-state index in [2.05, 4.69) is 11.3 Å². The summed E-state index contributed by atoms with van der Waals surface area (Å²) in [6.07, 6.45) is 0.0595. The molecule has 0 saturated carbocycles. The predicted octanol–water partition coefficient (Wildman–Crippen LogP) is 0.333. The molecule has 0 bridgehead atoms. The molecular weight excluding hydrogens is 196 g/mol. The van der Waals surface area contributed by atoms with Crippen LogP contribution in [0.15, 0.2) is 12.7 Å². The number of ether oxygens (including phenoxy) is 1. The monoisotopic (exact) mass is 204 g/mol. The van der Waals surface area contributed by atoms with E-state index in [1.165, 1.54) is 6.92 Å². The van der Waals surface area contributed by atoms with Gasteiger partial charge in [-0.15, -0.1) is 0 Å². The van der Waals surface area contributed by atoms with Gasteiger partial charge >= 0.3 is 11.8 Å². The minimum Gasteiger partial charge on any atom is -0.333 e. The molecule has 0 N–H and O–H groups in total. The Kier molecular flexibility index (Phi) is 3.69. The van der Waals surface area contributed by atoms with E-state index < -0.39 is 28.1 Å². The van der Waals surface area contributed by atoms with E-state index in [1.54, 1.807) is 0 Å². The molecule has 0 aliphatic carbocycles. The SMILES string of the molecule is C=CC(=O)OC(CC)([N+](=O)[O-])[N+](=O)[O-]. The summed E-state index contributed by atoms with van der Waals surface area (Å²) < 4.78 is 4.10. The summed E-state index contributed by atoms with van der Waals surface area (Å²) in [7, 11) is 0. The van der Waals surface area contributed by atoms with Gasteiger partial charge in [0.05, 0.1) is 0 Å². The van der Waals surface area contributed by atoms with E-state index in [0.717, 1.165) is 0 Å². The van der Waals surface area contributed by atoms with Crippen LogP contribution in [0.3, 0.4) is 0 Å². The maximum absolute atomic E-state index is 10.6. The van der Waals surface area contributed by atoms with E-state index in [0.29, 0.717) is 6.08 Å². The predicted molar refractivity (Wildman–Crippen MR) is 43.3 cm³/mol. The van der Waals surface area contributed by atoms with Gasteiger partial charge in [0.25, 0.3) is 0 Å². The minimum absolute atomic E-state index is 0.563. The van der Waals surface area contributed by atoms with Crippen molar-refractivity contribution in [3.8, 4) is 0 Å². The van der Waals surface area contributed by atoms with Gasteiger partial charge in [-0.25, -0.2) is 4.79 Å². The van der Waals surface area contributed by atoms with E-state index >= 15 is 0 Å². The van der Waals surface area contributed by atoms with Crippen molar-refractivity contribution < 1.29 is 19.4 Å². The Morgan fingerprint density at radius 1 is 1.50 bits per heavy atom. The molecule has 0 heterocycles. The quantitative estimate of drug-likeness (QED) is 0.209. The van der Waals surface area contributed by atoms with Crippen molar-refractivity contribution >= 4 is 5.97 Å². The van der Waals surface area contributed by atoms with Crippen molar-refractivity contribution in [3.05, 3.63) is 32.9 Å². The highest BCUT2D eigenvalue weighted by Gasteiger charge is 2.59. The van der Waals surface area contributed by atoms with Crippen molar-refractivity contribution in [2.24, 2.45) is 0 Å². The summed E-state index contributed by atoms with van der Waals surface area (Å²) in [4.78, 5) is 28.9. The van der Waals surface area contributed by atoms with Crippen LogP contribution in [0.5, 0.6) is 0 Å². The third kappa shape index (κ3) is 2.03. The Morgan fingerprint density at radius 3 is 2.14 bits per heavy atom. The third-order valence-corrected chi connectivity index (χ3v) is 1.46. The first kappa shape index (κ1) is 12.0. The molecule has 0 aromatic heterocycles. The molecule has 0 aromatic rings. The van der Waals surface area contributed by atoms with Crippen molar-refractivity contribution in [2.45, 2.75) is 19.2 Å². The first-order valence-corrected chi connectivity index (χ1v) is 3.55. The van der Waals surface area contributed by atoms with Gasteiger partial charge in [-0.3, -0.25) is 20.2 Å². The lowest BCUT2D eigenvalue weighted by Crippen LogP contribution is -2.49. The van der Waals surface area contributed by atoms with Crippen LogP contribution < -0.4 is 0 Å². The summed E-state index contributed by atoms with van der Waals surface area (Å²) in [6.45, 7) is 4.15. The fourth-order valence-corrected chi connectivity index (χ4v) is 0.674. The highest BCUT2D eigenvalue weighted by Crippen LogP contribution is 2.17. The number of rotatable bonds is 5. The van der Waals surface area contributed by atoms with Gasteiger partial charge in [0.1, 0.15) is 16.3 Å². The minimum atomic E-state index is -2.91. The van der Waals surface area contributed by atoms with E-state index in [1.807, 2.05) is 0 Å². The van der Waals surface area contributed by atoms with Crippen molar-refractivity contribution in [1.82, 2.24) is 0 Å². The van der Waals surface area contributed by atoms with Gasteiger partial charge in [-0.1, -0.05) is 6.58 Å². The van der Waals surface area contributed by atoms with Gasteiger partial charge in [-0.2, -0.15) is 0 Å². The van der Waals surface area contributed by atoms with Crippen LogP contribution >= 0.6 is 0 Å². The molecular formula is C6H8N2O6. The highest BCUT2D eigenvalue weighted by molar-refractivity contribution is 5.81. The highest BCUT2D eigenvalue weighted by atomic mass is 16.8. The molecule has 0 aromatic carbocycles. The van der Waals surface area contributed by atoms with Crippen LogP contribution in [-0.4, -0.2) is 21.7 Å². The zero-order valence-electron chi connectivity index (χ0n) is 7.34. The molecule has 8 nitrogen and oxygen atoms in total. The standard InChI is InChI=1S/C6H8N2O6/c1-3-5(9)14-6(4-2,7(10)11)8(12)13/h3H,1,4H2,2H3. The molecule has 0 unspecified atom stereocenters. The van der Waals surface area contributed by atoms with E-state index in [-0.39, 0.29) is 0 Å². The van der Waals surface area contributed by atoms with Gasteiger partial charge < -0.3 is 4.74 Å². The van der Waals surface area contributed by atoms with Crippen LogP contribution in [0.25, 0.3) is 0 Å². The molecule has 0 radical (unpaired) electrons. The van der Waals surface area contributed by atoms with Gasteiger partial charge in [0.15, 0.2) is 0 Å². The van der Waals surface area contributed by atoms with Crippen LogP contribution in [0, 0.1) is 20.2 Å². The van der Waals surface area contributed by atoms with Crippen LogP contribution in [0.4, 0.5) is 0 Å². The Hall–Kier alpha value is -1.99. The van der Waals surface area contributed by atoms with E-state index in [4.69, 9.17) is 0 Å². The number of hydrogen-bond acceptors (Lipinski definition) is 6. The molecule has 0 fully saturated rings. The first-order valence-electron chi connectivity index (χ1n) is 3.55. The number of nitro groups is 2. The van der Waals surface area contributed by atoms with Gasteiger partial charge in [0, 0.05) is 6.08 Å². The molecule has 0 saturated heterocycles. The summed E-state index contributed by atoms with van der Waals surface area (Å²) in [6, 6.07) is 0. The average Bonchev–Trinajstić information content (AvgIpc) is 2.12. The van der Waals surface area contributed by atoms with Crippen LogP contribution in [0.2, 0.25) is 0 Å². The van der Waals surface area contributed by atoms with Crippen LogP contribution in [0.1, 0.15) is 13.3 Å². The number of carbonyl (C=O) groups excluding carboxylic acids is 1. The third-order valence-electron chi connectivity index (χ3n) is 1.46. The molecule has 0 aliphatic rings. The average molecular weight is 204 g/mol. The first-order chi connectivity index (χ1) is 6.40. The molecule has 0 aliphatic heterocycles. The van der Waals surface area contributed by atoms with Crippen molar-refractivity contribution in [2.75, 3.05) is 0 Å². The summed E-state index contributed by atoms with van der Waals surface area (Å²) in [5.41, 5.74) is 0. The zero-order chi connectivity index (χ0) is 11.4. The molecule has 0 atom stereocenters. The molecule has 0 spiro atoms. The normalized spacial score (nSPS) is 10.4. The molecule has 14 heavy (non-hydrogen) atoms. The summed E-state index contributed by atoms with van der Waals surface area (Å²) >= 11 is 0. The number of nitrogens with zero attached hydrogens (tertiary/aromatic N) is 2. The number of esters is 1. The Morgan fingerprint density at radius 2 is 1.93 bits per heavy atom. The lowest BCUT2D eigenvalue weighted by Gasteiger charge is -2.13. The molecule has 78 valence electrons. The zero-order valence-corrected chi connectivity index (χ0v) is 7.34. The lowest BCUT2D eigenvalue weighted by molar-refractivity contribution is -0.844. The topological polar surface area (TPSA) is 113 Å². The summed E-state index contributed by atoms with van der Waals surface area (Å²) in [5, 5.41) is 20.8. The largest absolute Gasteiger partial charge is 0.621 e. The lowest BCUT2D eigenvalue weighted by atomic mass is 10.3. The van der Waals surface area contributed by atoms with Crippen molar-refractivity contribution in [3.63, 3.8) is 0 Å². The second-order valence-corrected chi connectivity index (χ2v) is 2.24. The molecule has 8 heteroatoms. The van der Waals surface area contributed by atoms with Crippen LogP contribution in [-0.2, 0) is 9.53 Å². The van der Waals surface area contributed by atoms with E-state index in [9.17, 15) is 25.0 Å². The smallest absolute Gasteiger partial charge is 0.333 e. The van der Waals surface area contributed by atoms with Gasteiger partial charge in [0.2, 0.25) is 0 Å². The summed E-state index contributed by atoms with van der Waals surface area (Å²) in [5.74, 6) is -4.12. The number of carbonyl (C=O) groups is 1. The second-order valence-electron chi connectivity index (χ2n) is 2.24. The molecule has 0 rings (SSSR count). The van der Waals surface area contributed by atoms with Crippen molar-refractivity contribution in [1.29, 1.82) is 0 Å². The maximum Gasteiger partial charge on any atom is 0.621 e. The molecule has 0 amide bonds.